The molecule has 0 aromatic heterocycles. The number of aliphatic hydroxyl groups excluding tert-OH is 1. The normalized spacial score (nSPS) is 21.4. The zero-order valence-corrected chi connectivity index (χ0v) is 9.21. The minimum atomic E-state index is -1.73. The summed E-state index contributed by atoms with van der Waals surface area (Å²) in [5.74, 6) is -2.72. The van der Waals surface area contributed by atoms with Gasteiger partial charge in [0.05, 0.1) is 6.04 Å². The first-order valence-electron chi connectivity index (χ1n) is 4.90. The van der Waals surface area contributed by atoms with Crippen LogP contribution in [0.2, 0.25) is 0 Å². The van der Waals surface area contributed by atoms with Crippen molar-refractivity contribution >= 4 is 11.8 Å². The average molecular weight is 229 g/mol. The Balaban J connectivity index is 2.87. The molecule has 0 aromatic rings. The number of hydrogen-bond donors (Lipinski definition) is 2. The van der Waals surface area contributed by atoms with Crippen molar-refractivity contribution in [1.29, 1.82) is 0 Å². The Bertz CT molecular complexity index is 309. The highest BCUT2D eigenvalue weighted by molar-refractivity contribution is 6.13. The van der Waals surface area contributed by atoms with Gasteiger partial charge in [0.25, 0.3) is 11.8 Å². The number of carbonyl (C=O) groups excluding carboxylic acids is 2. The first-order chi connectivity index (χ1) is 7.46. The average Bonchev–Trinajstić information content (AvgIpc) is 2.58. The van der Waals surface area contributed by atoms with Crippen molar-refractivity contribution in [1.82, 2.24) is 4.90 Å². The van der Waals surface area contributed by atoms with E-state index in [1.807, 2.05) is 0 Å². The van der Waals surface area contributed by atoms with Crippen LogP contribution in [0.15, 0.2) is 12.2 Å². The third-order valence-corrected chi connectivity index (χ3v) is 2.71. The number of amides is 2. The highest BCUT2D eigenvalue weighted by Crippen LogP contribution is 2.23. The van der Waals surface area contributed by atoms with E-state index in [9.17, 15) is 14.7 Å². The fraction of sp³-hybridized carbons (Fsp3) is 0.600. The molecule has 2 N–H and O–H groups in total. The highest BCUT2D eigenvalue weighted by Gasteiger charge is 2.42. The van der Waals surface area contributed by atoms with E-state index in [0.29, 0.717) is 0 Å². The molecular weight excluding hydrogens is 214 g/mol. The number of methoxy groups -OCH3 is 1. The Labute approximate surface area is 93.1 Å². The Hall–Kier alpha value is -1.24. The predicted molar refractivity (Wildman–Crippen MR) is 54.1 cm³/mol. The molecule has 90 valence electrons. The van der Waals surface area contributed by atoms with Gasteiger partial charge in [-0.2, -0.15) is 0 Å². The Morgan fingerprint density at radius 2 is 1.94 bits per heavy atom. The molecule has 0 radical (unpaired) electrons. The summed E-state index contributed by atoms with van der Waals surface area (Å²) in [5, 5.41) is 18.8. The van der Waals surface area contributed by atoms with E-state index >= 15 is 0 Å². The molecular formula is C10H15NO5. The second kappa shape index (κ2) is 4.73. The molecule has 1 rings (SSSR count). The molecule has 6 nitrogen and oxygen atoms in total. The molecule has 0 bridgehead atoms. The van der Waals surface area contributed by atoms with E-state index < -0.39 is 23.6 Å². The van der Waals surface area contributed by atoms with Crippen LogP contribution in [0.3, 0.4) is 0 Å². The van der Waals surface area contributed by atoms with Crippen molar-refractivity contribution in [2.24, 2.45) is 0 Å². The van der Waals surface area contributed by atoms with Gasteiger partial charge in [-0.1, -0.05) is 0 Å². The number of nitrogens with zero attached hydrogens (tertiary/aromatic N) is 1. The number of aliphatic hydroxyl groups is 2. The van der Waals surface area contributed by atoms with E-state index in [-0.39, 0.29) is 13.0 Å². The summed E-state index contributed by atoms with van der Waals surface area (Å²) in [4.78, 5) is 23.7. The van der Waals surface area contributed by atoms with E-state index in [2.05, 4.69) is 0 Å². The van der Waals surface area contributed by atoms with Crippen molar-refractivity contribution in [2.45, 2.75) is 25.2 Å². The van der Waals surface area contributed by atoms with Crippen LogP contribution in [0, 0.1) is 0 Å². The van der Waals surface area contributed by atoms with Gasteiger partial charge in [-0.15, -0.1) is 0 Å². The fourth-order valence-electron chi connectivity index (χ4n) is 1.64. The van der Waals surface area contributed by atoms with E-state index in [0.717, 1.165) is 17.1 Å². The maximum absolute atomic E-state index is 11.4. The maximum Gasteiger partial charge on any atom is 0.254 e. The monoisotopic (exact) mass is 229 g/mol. The minimum absolute atomic E-state index is 0.0816. The lowest BCUT2D eigenvalue weighted by Gasteiger charge is -2.36. The van der Waals surface area contributed by atoms with E-state index in [1.54, 1.807) is 0 Å². The topological polar surface area (TPSA) is 87.1 Å². The van der Waals surface area contributed by atoms with Crippen LogP contribution < -0.4 is 0 Å². The number of hydrogen-bond acceptors (Lipinski definition) is 5. The maximum atomic E-state index is 11.4. The molecule has 2 unspecified atom stereocenters. The summed E-state index contributed by atoms with van der Waals surface area (Å²) in [6.07, 6.45) is 2.18. The van der Waals surface area contributed by atoms with Crippen LogP contribution in [-0.2, 0) is 14.3 Å². The summed E-state index contributed by atoms with van der Waals surface area (Å²) < 4.78 is 4.87. The Morgan fingerprint density at radius 1 is 1.44 bits per heavy atom. The van der Waals surface area contributed by atoms with Gasteiger partial charge in [-0.25, -0.2) is 0 Å². The SMILES string of the molecule is COC(O)(CCO)C(C)N1C(=O)C=CC1=O. The van der Waals surface area contributed by atoms with E-state index in [4.69, 9.17) is 9.84 Å². The summed E-state index contributed by atoms with van der Waals surface area (Å²) in [5.41, 5.74) is 0. The summed E-state index contributed by atoms with van der Waals surface area (Å²) in [6.45, 7) is 1.18. The van der Waals surface area contributed by atoms with Gasteiger partial charge in [-0.05, 0) is 6.92 Å². The molecule has 6 heteroatoms. The molecule has 0 spiro atoms. The van der Waals surface area contributed by atoms with Crippen LogP contribution in [0.25, 0.3) is 0 Å². The first kappa shape index (κ1) is 12.8. The smallest absolute Gasteiger partial charge is 0.254 e. The minimum Gasteiger partial charge on any atom is -0.396 e. The third-order valence-electron chi connectivity index (χ3n) is 2.71. The second-order valence-electron chi connectivity index (χ2n) is 3.58. The Kier molecular flexibility index (Phi) is 3.79. The number of rotatable bonds is 5. The molecule has 1 aliphatic heterocycles. The lowest BCUT2D eigenvalue weighted by molar-refractivity contribution is -0.227. The quantitative estimate of drug-likeness (QED) is 0.467. The number of ether oxygens (including phenoxy) is 1. The van der Waals surface area contributed by atoms with Crippen molar-refractivity contribution < 1.29 is 24.5 Å². The van der Waals surface area contributed by atoms with Gasteiger partial charge in [0, 0.05) is 32.3 Å². The number of imide groups is 1. The van der Waals surface area contributed by atoms with E-state index in [1.165, 1.54) is 14.0 Å². The first-order valence-corrected chi connectivity index (χ1v) is 4.90. The molecule has 1 heterocycles. The highest BCUT2D eigenvalue weighted by atomic mass is 16.6. The zero-order chi connectivity index (χ0) is 12.3. The molecule has 2 atom stereocenters. The van der Waals surface area contributed by atoms with Crippen LogP contribution in [-0.4, -0.2) is 52.5 Å². The van der Waals surface area contributed by atoms with Crippen LogP contribution in [0.5, 0.6) is 0 Å². The van der Waals surface area contributed by atoms with Crippen LogP contribution in [0.4, 0.5) is 0 Å². The van der Waals surface area contributed by atoms with Gasteiger partial charge in [0.1, 0.15) is 0 Å². The summed E-state index contributed by atoms with van der Waals surface area (Å²) in [6, 6.07) is -0.861. The molecule has 0 aliphatic carbocycles. The van der Waals surface area contributed by atoms with Gasteiger partial charge in [0.2, 0.25) is 0 Å². The zero-order valence-electron chi connectivity index (χ0n) is 9.21. The van der Waals surface area contributed by atoms with Gasteiger partial charge < -0.3 is 14.9 Å². The second-order valence-corrected chi connectivity index (χ2v) is 3.58. The van der Waals surface area contributed by atoms with Gasteiger partial charge in [-0.3, -0.25) is 14.5 Å². The van der Waals surface area contributed by atoms with Crippen molar-refractivity contribution in [2.75, 3.05) is 13.7 Å². The lowest BCUT2D eigenvalue weighted by atomic mass is 10.0. The predicted octanol–water partition coefficient (Wildman–Crippen LogP) is -0.983. The number of carbonyl (C=O) groups is 2. The van der Waals surface area contributed by atoms with Gasteiger partial charge in [0.15, 0.2) is 5.79 Å². The molecule has 0 saturated carbocycles. The van der Waals surface area contributed by atoms with Crippen molar-refractivity contribution in [3.8, 4) is 0 Å². The summed E-state index contributed by atoms with van der Waals surface area (Å²) >= 11 is 0. The fourth-order valence-corrected chi connectivity index (χ4v) is 1.64. The van der Waals surface area contributed by atoms with Gasteiger partial charge >= 0.3 is 0 Å². The third kappa shape index (κ3) is 2.13. The Morgan fingerprint density at radius 3 is 2.31 bits per heavy atom. The van der Waals surface area contributed by atoms with Crippen molar-refractivity contribution in [3.05, 3.63) is 12.2 Å². The van der Waals surface area contributed by atoms with Crippen LogP contribution >= 0.6 is 0 Å². The molecule has 1 aliphatic rings. The molecule has 0 saturated heterocycles. The summed E-state index contributed by atoms with van der Waals surface area (Å²) in [7, 11) is 1.25. The molecule has 0 aromatic carbocycles. The van der Waals surface area contributed by atoms with Crippen molar-refractivity contribution in [3.63, 3.8) is 0 Å². The molecule has 0 fully saturated rings. The van der Waals surface area contributed by atoms with Crippen LogP contribution in [0.1, 0.15) is 13.3 Å². The lowest BCUT2D eigenvalue weighted by Crippen LogP contribution is -2.54. The molecule has 16 heavy (non-hydrogen) atoms. The standard InChI is InChI=1S/C10H15NO5/c1-7(10(15,16-2)5-6-12)11-8(13)3-4-9(11)14/h3-4,7,12,15H,5-6H2,1-2H3. The molecule has 2 amide bonds. The largest absolute Gasteiger partial charge is 0.396 e.